The van der Waals surface area contributed by atoms with Crippen molar-refractivity contribution in [3.63, 3.8) is 0 Å². The Hall–Kier alpha value is -2.13. The predicted octanol–water partition coefficient (Wildman–Crippen LogP) is 3.59. The minimum atomic E-state index is -0.728. The number of aromatic nitrogens is 1. The van der Waals surface area contributed by atoms with Crippen LogP contribution in [0.1, 0.15) is 18.4 Å². The smallest absolute Gasteiger partial charge is 0.224 e. The molecule has 0 saturated heterocycles. The molecular formula is C15H13NO2. The van der Waals surface area contributed by atoms with E-state index in [9.17, 15) is 5.11 Å². The molecule has 90 valence electrons. The highest BCUT2D eigenvalue weighted by molar-refractivity contribution is 6.03. The lowest BCUT2D eigenvalue weighted by atomic mass is 10.1. The van der Waals surface area contributed by atoms with E-state index < -0.39 is 6.10 Å². The van der Waals surface area contributed by atoms with Crippen LogP contribution < -0.4 is 0 Å². The normalized spacial score (nSPS) is 12.9. The molecule has 1 atom stereocenters. The number of oxazole rings is 1. The molecule has 1 aromatic heterocycles. The fraction of sp³-hybridized carbons (Fsp3) is 0.133. The van der Waals surface area contributed by atoms with Crippen molar-refractivity contribution in [3.05, 3.63) is 54.9 Å². The summed E-state index contributed by atoms with van der Waals surface area (Å²) in [7, 11) is 0. The molecule has 0 spiro atoms. The molecule has 0 bridgehead atoms. The number of hydrogen-bond donors (Lipinski definition) is 1. The fourth-order valence-corrected chi connectivity index (χ4v) is 2.08. The predicted molar refractivity (Wildman–Crippen MR) is 71.3 cm³/mol. The summed E-state index contributed by atoms with van der Waals surface area (Å²) in [4.78, 5) is 4.39. The van der Waals surface area contributed by atoms with Crippen LogP contribution in [0.4, 0.5) is 0 Å². The van der Waals surface area contributed by atoms with Crippen LogP contribution >= 0.6 is 0 Å². The molecule has 0 fully saturated rings. The van der Waals surface area contributed by atoms with E-state index in [4.69, 9.17) is 4.42 Å². The number of aliphatic hydroxyl groups excluding tert-OH is 1. The van der Waals surface area contributed by atoms with E-state index in [2.05, 4.69) is 11.6 Å². The molecule has 1 unspecified atom stereocenters. The monoisotopic (exact) mass is 239 g/mol. The molecule has 3 aromatic rings. The third kappa shape index (κ3) is 1.69. The first kappa shape index (κ1) is 11.0. The van der Waals surface area contributed by atoms with Crippen molar-refractivity contribution in [2.45, 2.75) is 12.5 Å². The van der Waals surface area contributed by atoms with Crippen LogP contribution in [-0.4, -0.2) is 10.1 Å². The molecule has 1 heterocycles. The molecular weight excluding hydrogens is 226 g/mol. The first-order chi connectivity index (χ1) is 8.79. The van der Waals surface area contributed by atoms with Gasteiger partial charge in [0.15, 0.2) is 5.58 Å². The Balaban J connectivity index is 2.22. The van der Waals surface area contributed by atoms with Crippen molar-refractivity contribution in [1.29, 1.82) is 0 Å². The zero-order valence-corrected chi connectivity index (χ0v) is 9.84. The summed E-state index contributed by atoms with van der Waals surface area (Å²) < 4.78 is 5.58. The number of nitrogens with zero attached hydrogens (tertiary/aromatic N) is 1. The minimum absolute atomic E-state index is 0.348. The number of rotatable bonds is 3. The van der Waals surface area contributed by atoms with Crippen LogP contribution in [0.25, 0.3) is 21.9 Å². The van der Waals surface area contributed by atoms with Gasteiger partial charge in [-0.05, 0) is 17.9 Å². The van der Waals surface area contributed by atoms with Gasteiger partial charge in [0.25, 0.3) is 0 Å². The van der Waals surface area contributed by atoms with Crippen molar-refractivity contribution in [3.8, 4) is 0 Å². The highest BCUT2D eigenvalue weighted by atomic mass is 16.4. The van der Waals surface area contributed by atoms with Gasteiger partial charge in [-0.1, -0.05) is 36.4 Å². The van der Waals surface area contributed by atoms with Crippen LogP contribution in [-0.2, 0) is 0 Å². The van der Waals surface area contributed by atoms with E-state index in [1.54, 1.807) is 6.08 Å². The van der Waals surface area contributed by atoms with Crippen molar-refractivity contribution in [2.24, 2.45) is 0 Å². The van der Waals surface area contributed by atoms with E-state index in [0.29, 0.717) is 17.9 Å². The third-order valence-electron chi connectivity index (χ3n) is 2.98. The lowest BCUT2D eigenvalue weighted by molar-refractivity contribution is 0.149. The first-order valence-corrected chi connectivity index (χ1v) is 5.87. The van der Waals surface area contributed by atoms with Gasteiger partial charge < -0.3 is 9.52 Å². The molecule has 0 amide bonds. The molecule has 0 radical (unpaired) electrons. The van der Waals surface area contributed by atoms with Gasteiger partial charge in [-0.15, -0.1) is 6.58 Å². The molecule has 18 heavy (non-hydrogen) atoms. The zero-order valence-electron chi connectivity index (χ0n) is 9.84. The minimum Gasteiger partial charge on any atom is -0.438 e. The Morgan fingerprint density at radius 3 is 2.94 bits per heavy atom. The van der Waals surface area contributed by atoms with E-state index in [-0.39, 0.29) is 0 Å². The van der Waals surface area contributed by atoms with Gasteiger partial charge in [0, 0.05) is 5.39 Å². The molecule has 0 aliphatic heterocycles. The van der Waals surface area contributed by atoms with Crippen molar-refractivity contribution < 1.29 is 9.52 Å². The zero-order chi connectivity index (χ0) is 12.5. The standard InChI is InChI=1S/C15H13NO2/c1-2-5-12(17)15-16-14-11-7-4-3-6-10(11)8-9-13(14)18-15/h2-4,6-9,12,17H,1,5H2. The van der Waals surface area contributed by atoms with Crippen LogP contribution in [0.15, 0.2) is 53.5 Å². The average Bonchev–Trinajstić information content (AvgIpc) is 2.83. The van der Waals surface area contributed by atoms with Crippen molar-refractivity contribution in [1.82, 2.24) is 4.98 Å². The van der Waals surface area contributed by atoms with Gasteiger partial charge in [-0.3, -0.25) is 0 Å². The maximum absolute atomic E-state index is 9.87. The van der Waals surface area contributed by atoms with Gasteiger partial charge in [0.1, 0.15) is 11.6 Å². The lowest BCUT2D eigenvalue weighted by Gasteiger charge is -2.00. The van der Waals surface area contributed by atoms with E-state index in [1.165, 1.54) is 0 Å². The third-order valence-corrected chi connectivity index (χ3v) is 2.98. The summed E-state index contributed by atoms with van der Waals surface area (Å²) in [5.74, 6) is 0.348. The average molecular weight is 239 g/mol. The summed E-state index contributed by atoms with van der Waals surface area (Å²) in [5.41, 5.74) is 1.50. The van der Waals surface area contributed by atoms with Gasteiger partial charge in [0.2, 0.25) is 5.89 Å². The molecule has 3 nitrogen and oxygen atoms in total. The van der Waals surface area contributed by atoms with E-state index in [1.807, 2.05) is 36.4 Å². The van der Waals surface area contributed by atoms with Gasteiger partial charge in [-0.25, -0.2) is 4.98 Å². The number of hydrogen-bond acceptors (Lipinski definition) is 3. The summed E-state index contributed by atoms with van der Waals surface area (Å²) >= 11 is 0. The lowest BCUT2D eigenvalue weighted by Crippen LogP contribution is -1.94. The Morgan fingerprint density at radius 2 is 2.11 bits per heavy atom. The topological polar surface area (TPSA) is 46.3 Å². The Bertz CT molecular complexity index is 715. The largest absolute Gasteiger partial charge is 0.438 e. The Kier molecular flexibility index (Phi) is 2.61. The van der Waals surface area contributed by atoms with Crippen molar-refractivity contribution >= 4 is 21.9 Å². The Labute approximate surface area is 104 Å². The molecule has 0 saturated carbocycles. The van der Waals surface area contributed by atoms with E-state index >= 15 is 0 Å². The number of aliphatic hydroxyl groups is 1. The number of benzene rings is 2. The highest BCUT2D eigenvalue weighted by Gasteiger charge is 2.15. The second-order valence-electron chi connectivity index (χ2n) is 4.23. The summed E-state index contributed by atoms with van der Waals surface area (Å²) in [6.07, 6.45) is 1.36. The first-order valence-electron chi connectivity index (χ1n) is 5.87. The molecule has 2 aromatic carbocycles. The van der Waals surface area contributed by atoms with Gasteiger partial charge >= 0.3 is 0 Å². The van der Waals surface area contributed by atoms with Crippen LogP contribution in [0, 0.1) is 0 Å². The van der Waals surface area contributed by atoms with Gasteiger partial charge in [0.05, 0.1) is 0 Å². The summed E-state index contributed by atoms with van der Waals surface area (Å²) in [6, 6.07) is 11.9. The second kappa shape index (κ2) is 4.27. The maximum Gasteiger partial charge on any atom is 0.224 e. The van der Waals surface area contributed by atoms with Crippen molar-refractivity contribution in [2.75, 3.05) is 0 Å². The fourth-order valence-electron chi connectivity index (χ4n) is 2.08. The summed E-state index contributed by atoms with van der Waals surface area (Å²) in [5, 5.41) is 12.0. The molecule has 0 aliphatic carbocycles. The molecule has 1 N–H and O–H groups in total. The highest BCUT2D eigenvalue weighted by Crippen LogP contribution is 2.28. The molecule has 3 rings (SSSR count). The van der Waals surface area contributed by atoms with Crippen LogP contribution in [0.3, 0.4) is 0 Å². The maximum atomic E-state index is 9.87. The van der Waals surface area contributed by atoms with E-state index in [0.717, 1.165) is 16.3 Å². The van der Waals surface area contributed by atoms with Crippen LogP contribution in [0.5, 0.6) is 0 Å². The number of fused-ring (bicyclic) bond motifs is 3. The Morgan fingerprint density at radius 1 is 1.28 bits per heavy atom. The second-order valence-corrected chi connectivity index (χ2v) is 4.23. The quantitative estimate of drug-likeness (QED) is 0.710. The molecule has 0 aliphatic rings. The summed E-state index contributed by atoms with van der Waals surface area (Å²) in [6.45, 7) is 3.60. The van der Waals surface area contributed by atoms with Gasteiger partial charge in [-0.2, -0.15) is 0 Å². The van der Waals surface area contributed by atoms with Crippen LogP contribution in [0.2, 0.25) is 0 Å². The molecule has 3 heteroatoms. The SMILES string of the molecule is C=CCC(O)c1nc2c(ccc3ccccc32)o1.